The van der Waals surface area contributed by atoms with Gasteiger partial charge in [-0.3, -0.25) is 10.1 Å². The van der Waals surface area contributed by atoms with E-state index in [0.29, 0.717) is 18.3 Å². The molecule has 1 aromatic heterocycles. The Bertz CT molecular complexity index is 546. The third-order valence-electron chi connectivity index (χ3n) is 3.70. The van der Waals surface area contributed by atoms with Crippen molar-refractivity contribution in [2.24, 2.45) is 5.92 Å². The molecule has 1 N–H and O–H groups in total. The van der Waals surface area contributed by atoms with Gasteiger partial charge in [-0.1, -0.05) is 6.92 Å². The summed E-state index contributed by atoms with van der Waals surface area (Å²) < 4.78 is 0. The summed E-state index contributed by atoms with van der Waals surface area (Å²) in [6.07, 6.45) is 3.03. The Labute approximate surface area is 116 Å². The summed E-state index contributed by atoms with van der Waals surface area (Å²) in [6, 6.07) is 1.25. The molecule has 0 bridgehead atoms. The van der Waals surface area contributed by atoms with Crippen molar-refractivity contribution in [1.82, 2.24) is 4.98 Å². The molecule has 2 heterocycles. The molecule has 0 aromatic carbocycles. The number of nitrogens with zero attached hydrogens (tertiary/aromatic N) is 3. The molecule has 0 saturated carbocycles. The average molecular weight is 279 g/mol. The maximum Gasteiger partial charge on any atom is 0.339 e. The lowest BCUT2D eigenvalue weighted by Crippen LogP contribution is -2.41. The van der Waals surface area contributed by atoms with Crippen molar-refractivity contribution >= 4 is 17.5 Å². The van der Waals surface area contributed by atoms with Crippen LogP contribution in [0, 0.1) is 16.0 Å². The number of rotatable bonds is 3. The van der Waals surface area contributed by atoms with E-state index in [1.165, 1.54) is 0 Å². The zero-order valence-electron chi connectivity index (χ0n) is 11.4. The maximum absolute atomic E-state index is 11.3. The van der Waals surface area contributed by atoms with Crippen LogP contribution in [0.4, 0.5) is 11.5 Å². The first-order valence-electron chi connectivity index (χ1n) is 6.54. The van der Waals surface area contributed by atoms with Gasteiger partial charge in [0.15, 0.2) is 0 Å². The number of hydrogen-bond donors (Lipinski definition) is 1. The van der Waals surface area contributed by atoms with Crippen LogP contribution in [0.5, 0.6) is 0 Å². The highest BCUT2D eigenvalue weighted by molar-refractivity contribution is 5.94. The fourth-order valence-corrected chi connectivity index (χ4v) is 2.65. The van der Waals surface area contributed by atoms with Crippen LogP contribution >= 0.6 is 0 Å². The normalized spacial score (nSPS) is 22.6. The van der Waals surface area contributed by atoms with Crippen molar-refractivity contribution < 1.29 is 14.8 Å². The zero-order chi connectivity index (χ0) is 14.9. The number of carboxylic acid groups (broad SMARTS) is 1. The number of hydrogen-bond acceptors (Lipinski definition) is 5. The summed E-state index contributed by atoms with van der Waals surface area (Å²) in [5.41, 5.74) is -0.412. The van der Waals surface area contributed by atoms with Gasteiger partial charge in [0.1, 0.15) is 17.6 Å². The van der Waals surface area contributed by atoms with Crippen molar-refractivity contribution in [3.8, 4) is 0 Å². The van der Waals surface area contributed by atoms with Gasteiger partial charge in [-0.05, 0) is 25.7 Å². The topological polar surface area (TPSA) is 96.6 Å². The first-order valence-corrected chi connectivity index (χ1v) is 6.54. The summed E-state index contributed by atoms with van der Waals surface area (Å²) >= 11 is 0. The predicted octanol–water partition coefficient (Wildman–Crippen LogP) is 2.31. The van der Waals surface area contributed by atoms with Crippen molar-refractivity contribution in [1.29, 1.82) is 0 Å². The largest absolute Gasteiger partial charge is 0.478 e. The molecule has 108 valence electrons. The van der Waals surface area contributed by atoms with Gasteiger partial charge < -0.3 is 10.0 Å². The minimum Gasteiger partial charge on any atom is -0.478 e. The van der Waals surface area contributed by atoms with E-state index < -0.39 is 10.9 Å². The van der Waals surface area contributed by atoms with Gasteiger partial charge in [-0.2, -0.15) is 0 Å². The number of pyridine rings is 1. The second-order valence-electron chi connectivity index (χ2n) is 5.30. The third-order valence-corrected chi connectivity index (χ3v) is 3.70. The zero-order valence-corrected chi connectivity index (χ0v) is 11.4. The van der Waals surface area contributed by atoms with E-state index in [9.17, 15) is 20.0 Å². The lowest BCUT2D eigenvalue weighted by molar-refractivity contribution is -0.385. The Hall–Kier alpha value is -2.18. The molecule has 1 aliphatic rings. The first kappa shape index (κ1) is 14.2. The van der Waals surface area contributed by atoms with Crippen LogP contribution in [0.15, 0.2) is 12.3 Å². The molecule has 1 aromatic rings. The molecule has 0 radical (unpaired) electrons. The Morgan fingerprint density at radius 1 is 1.55 bits per heavy atom. The van der Waals surface area contributed by atoms with E-state index in [-0.39, 0.29) is 17.3 Å². The van der Waals surface area contributed by atoms with E-state index in [2.05, 4.69) is 11.9 Å². The van der Waals surface area contributed by atoms with Crippen LogP contribution in [0.3, 0.4) is 0 Å². The molecule has 7 nitrogen and oxygen atoms in total. The first-order chi connectivity index (χ1) is 9.40. The van der Waals surface area contributed by atoms with Crippen molar-refractivity contribution in [2.45, 2.75) is 32.7 Å². The molecule has 1 saturated heterocycles. The summed E-state index contributed by atoms with van der Waals surface area (Å²) in [4.78, 5) is 27.4. The number of anilines is 1. The number of carboxylic acids is 1. The molecule has 0 aliphatic carbocycles. The fraction of sp³-hybridized carbons (Fsp3) is 0.538. The van der Waals surface area contributed by atoms with E-state index in [0.717, 1.165) is 25.1 Å². The second kappa shape index (κ2) is 5.44. The number of aromatic nitrogens is 1. The Morgan fingerprint density at radius 3 is 2.80 bits per heavy atom. The summed E-state index contributed by atoms with van der Waals surface area (Å²) in [7, 11) is 0. The second-order valence-corrected chi connectivity index (χ2v) is 5.30. The SMILES string of the molecule is CC1CCN(c2ncc([N+](=O)[O-])cc2C(=O)O)C(C)C1. The standard InChI is InChI=1S/C13H17N3O4/c1-8-3-4-15(9(2)5-8)12-11(13(17)18)6-10(7-14-12)16(19)20/h6-9H,3-5H2,1-2H3,(H,17,18). The van der Waals surface area contributed by atoms with Crippen LogP contribution in [-0.4, -0.2) is 33.6 Å². The molecule has 2 rings (SSSR count). The van der Waals surface area contributed by atoms with E-state index in [1.54, 1.807) is 0 Å². The molecule has 1 aliphatic heterocycles. The smallest absolute Gasteiger partial charge is 0.339 e. The predicted molar refractivity (Wildman–Crippen MR) is 73.1 cm³/mol. The average Bonchev–Trinajstić information content (AvgIpc) is 2.38. The lowest BCUT2D eigenvalue weighted by atomic mass is 9.93. The lowest BCUT2D eigenvalue weighted by Gasteiger charge is -2.37. The van der Waals surface area contributed by atoms with Gasteiger partial charge in [0.2, 0.25) is 0 Å². The third kappa shape index (κ3) is 2.71. The van der Waals surface area contributed by atoms with Crippen LogP contribution < -0.4 is 4.90 Å². The molecule has 2 unspecified atom stereocenters. The van der Waals surface area contributed by atoms with E-state index >= 15 is 0 Å². The van der Waals surface area contributed by atoms with Crippen molar-refractivity contribution in [3.05, 3.63) is 27.9 Å². The minimum atomic E-state index is -1.19. The molecular formula is C13H17N3O4. The van der Waals surface area contributed by atoms with Gasteiger partial charge >= 0.3 is 5.97 Å². The summed E-state index contributed by atoms with van der Waals surface area (Å²) in [5, 5.41) is 20.0. The van der Waals surface area contributed by atoms with Crippen molar-refractivity contribution in [2.75, 3.05) is 11.4 Å². The summed E-state index contributed by atoms with van der Waals surface area (Å²) in [5.74, 6) is -0.280. The highest BCUT2D eigenvalue weighted by atomic mass is 16.6. The van der Waals surface area contributed by atoms with Gasteiger partial charge in [0.25, 0.3) is 5.69 Å². The Balaban J connectivity index is 2.40. The number of nitro groups is 1. The molecule has 7 heteroatoms. The fourth-order valence-electron chi connectivity index (χ4n) is 2.65. The highest BCUT2D eigenvalue weighted by Crippen LogP contribution is 2.30. The van der Waals surface area contributed by atoms with Crippen LogP contribution in [0.1, 0.15) is 37.0 Å². The molecule has 0 spiro atoms. The molecule has 2 atom stereocenters. The van der Waals surface area contributed by atoms with Gasteiger partial charge in [0.05, 0.1) is 4.92 Å². The van der Waals surface area contributed by atoms with E-state index in [1.807, 2.05) is 11.8 Å². The Morgan fingerprint density at radius 2 is 2.25 bits per heavy atom. The highest BCUT2D eigenvalue weighted by Gasteiger charge is 2.28. The number of carbonyl (C=O) groups is 1. The van der Waals surface area contributed by atoms with Gasteiger partial charge in [-0.25, -0.2) is 9.78 Å². The molecule has 0 amide bonds. The van der Waals surface area contributed by atoms with Crippen LogP contribution in [-0.2, 0) is 0 Å². The Kier molecular flexibility index (Phi) is 3.87. The van der Waals surface area contributed by atoms with Gasteiger partial charge in [0, 0.05) is 18.7 Å². The van der Waals surface area contributed by atoms with Crippen molar-refractivity contribution in [3.63, 3.8) is 0 Å². The minimum absolute atomic E-state index is 0.111. The molecule has 1 fully saturated rings. The number of piperidine rings is 1. The summed E-state index contributed by atoms with van der Waals surface area (Å²) in [6.45, 7) is 4.90. The van der Waals surface area contributed by atoms with Gasteiger partial charge in [-0.15, -0.1) is 0 Å². The maximum atomic E-state index is 11.3. The van der Waals surface area contributed by atoms with Crippen LogP contribution in [0.25, 0.3) is 0 Å². The molecule has 20 heavy (non-hydrogen) atoms. The quantitative estimate of drug-likeness (QED) is 0.673. The monoisotopic (exact) mass is 279 g/mol. The molecular weight excluding hydrogens is 262 g/mol. The van der Waals surface area contributed by atoms with E-state index in [4.69, 9.17) is 0 Å². The van der Waals surface area contributed by atoms with Crippen LogP contribution in [0.2, 0.25) is 0 Å². The number of aromatic carboxylic acids is 1.